The van der Waals surface area contributed by atoms with Crippen molar-refractivity contribution in [1.29, 1.82) is 0 Å². The molecule has 0 atom stereocenters. The minimum absolute atomic E-state index is 0.0170. The van der Waals surface area contributed by atoms with Crippen LogP contribution in [-0.2, 0) is 0 Å². The molecule has 0 bridgehead atoms. The second-order valence-electron chi connectivity index (χ2n) is 3.23. The van der Waals surface area contributed by atoms with E-state index in [1.807, 2.05) is 6.92 Å². The molecule has 1 aromatic carbocycles. The van der Waals surface area contributed by atoms with Gasteiger partial charge in [-0.05, 0) is 32.0 Å². The SMILES string of the molecule is CCN(N)c1cc(C(C)=O)ccc1OC. The van der Waals surface area contributed by atoms with Crippen molar-refractivity contribution in [3.8, 4) is 5.75 Å². The van der Waals surface area contributed by atoms with Crippen LogP contribution in [0.3, 0.4) is 0 Å². The molecule has 82 valence electrons. The zero-order chi connectivity index (χ0) is 11.4. The molecular weight excluding hydrogens is 192 g/mol. The van der Waals surface area contributed by atoms with Gasteiger partial charge in [0.2, 0.25) is 0 Å². The number of nitrogens with two attached hydrogens (primary N) is 1. The Hall–Kier alpha value is -1.55. The fourth-order valence-electron chi connectivity index (χ4n) is 1.30. The standard InChI is InChI=1S/C11H16N2O2/c1-4-13(12)10-7-9(8(2)14)5-6-11(10)15-3/h5-7H,4,12H2,1-3H3. The molecule has 1 aromatic rings. The van der Waals surface area contributed by atoms with Gasteiger partial charge < -0.3 is 9.75 Å². The van der Waals surface area contributed by atoms with Crippen molar-refractivity contribution in [2.24, 2.45) is 5.84 Å². The number of ether oxygens (including phenoxy) is 1. The number of ketones is 1. The summed E-state index contributed by atoms with van der Waals surface area (Å²) >= 11 is 0. The van der Waals surface area contributed by atoms with E-state index in [2.05, 4.69) is 0 Å². The Labute approximate surface area is 89.6 Å². The van der Waals surface area contributed by atoms with Crippen molar-refractivity contribution < 1.29 is 9.53 Å². The predicted molar refractivity (Wildman–Crippen MR) is 60.2 cm³/mol. The van der Waals surface area contributed by atoms with Crippen LogP contribution in [0.2, 0.25) is 0 Å². The van der Waals surface area contributed by atoms with E-state index in [9.17, 15) is 4.79 Å². The molecule has 1 rings (SSSR count). The Kier molecular flexibility index (Phi) is 3.68. The van der Waals surface area contributed by atoms with Crippen LogP contribution < -0.4 is 15.6 Å². The van der Waals surface area contributed by atoms with E-state index in [0.717, 1.165) is 5.69 Å². The van der Waals surface area contributed by atoms with Crippen molar-refractivity contribution in [2.45, 2.75) is 13.8 Å². The Balaban J connectivity index is 3.18. The average Bonchev–Trinajstić information content (AvgIpc) is 2.27. The van der Waals surface area contributed by atoms with Crippen LogP contribution in [0.25, 0.3) is 0 Å². The van der Waals surface area contributed by atoms with Gasteiger partial charge in [0.1, 0.15) is 5.75 Å². The minimum atomic E-state index is 0.0170. The summed E-state index contributed by atoms with van der Waals surface area (Å²) in [7, 11) is 1.58. The van der Waals surface area contributed by atoms with Crippen molar-refractivity contribution >= 4 is 11.5 Å². The Morgan fingerprint density at radius 2 is 2.20 bits per heavy atom. The number of Topliss-reactive ketones (excluding diaryl/α,β-unsaturated/α-hetero) is 1. The first kappa shape index (κ1) is 11.5. The lowest BCUT2D eigenvalue weighted by Gasteiger charge is -2.19. The number of benzene rings is 1. The van der Waals surface area contributed by atoms with Crippen molar-refractivity contribution in [3.63, 3.8) is 0 Å². The van der Waals surface area contributed by atoms with Crippen LogP contribution >= 0.6 is 0 Å². The summed E-state index contributed by atoms with van der Waals surface area (Å²) in [4.78, 5) is 11.2. The highest BCUT2D eigenvalue weighted by molar-refractivity contribution is 5.95. The number of hydrazine groups is 1. The molecule has 0 unspecified atom stereocenters. The Morgan fingerprint density at radius 1 is 1.53 bits per heavy atom. The molecule has 0 radical (unpaired) electrons. The molecule has 0 amide bonds. The molecule has 0 spiro atoms. The molecule has 0 heterocycles. The third-order valence-electron chi connectivity index (χ3n) is 2.24. The van der Waals surface area contributed by atoms with Crippen LogP contribution in [0.1, 0.15) is 24.2 Å². The van der Waals surface area contributed by atoms with E-state index in [0.29, 0.717) is 17.9 Å². The average molecular weight is 208 g/mol. The lowest BCUT2D eigenvalue weighted by molar-refractivity contribution is 0.101. The monoisotopic (exact) mass is 208 g/mol. The first-order chi connectivity index (χ1) is 7.10. The van der Waals surface area contributed by atoms with Gasteiger partial charge in [-0.15, -0.1) is 0 Å². The highest BCUT2D eigenvalue weighted by Gasteiger charge is 2.10. The number of rotatable bonds is 4. The fourth-order valence-corrected chi connectivity index (χ4v) is 1.30. The zero-order valence-corrected chi connectivity index (χ0v) is 9.28. The number of carbonyl (C=O) groups excluding carboxylic acids is 1. The molecule has 0 saturated carbocycles. The van der Waals surface area contributed by atoms with Gasteiger partial charge in [-0.25, -0.2) is 5.84 Å². The van der Waals surface area contributed by atoms with Crippen LogP contribution in [0, 0.1) is 0 Å². The van der Waals surface area contributed by atoms with Crippen molar-refractivity contribution in [2.75, 3.05) is 18.7 Å². The van der Waals surface area contributed by atoms with Crippen LogP contribution in [-0.4, -0.2) is 19.4 Å². The minimum Gasteiger partial charge on any atom is -0.495 e. The molecule has 15 heavy (non-hydrogen) atoms. The summed E-state index contributed by atoms with van der Waals surface area (Å²) in [5.41, 5.74) is 1.36. The van der Waals surface area contributed by atoms with Gasteiger partial charge in [0, 0.05) is 12.1 Å². The third-order valence-corrected chi connectivity index (χ3v) is 2.24. The molecule has 0 aliphatic carbocycles. The number of methoxy groups -OCH3 is 1. The van der Waals surface area contributed by atoms with Gasteiger partial charge in [-0.2, -0.15) is 0 Å². The van der Waals surface area contributed by atoms with Crippen LogP contribution in [0.15, 0.2) is 18.2 Å². The van der Waals surface area contributed by atoms with Gasteiger partial charge in [-0.3, -0.25) is 4.79 Å². The number of anilines is 1. The lowest BCUT2D eigenvalue weighted by Crippen LogP contribution is -2.30. The third kappa shape index (κ3) is 2.47. The van der Waals surface area contributed by atoms with E-state index < -0.39 is 0 Å². The van der Waals surface area contributed by atoms with E-state index >= 15 is 0 Å². The number of carbonyl (C=O) groups is 1. The maximum atomic E-state index is 11.2. The molecule has 0 aliphatic heterocycles. The zero-order valence-electron chi connectivity index (χ0n) is 9.28. The topological polar surface area (TPSA) is 55.6 Å². The van der Waals surface area contributed by atoms with Gasteiger partial charge in [0.05, 0.1) is 12.8 Å². The molecule has 0 fully saturated rings. The molecule has 0 aromatic heterocycles. The quantitative estimate of drug-likeness (QED) is 0.464. The number of hydrogen-bond donors (Lipinski definition) is 1. The first-order valence-corrected chi connectivity index (χ1v) is 4.81. The van der Waals surface area contributed by atoms with E-state index in [4.69, 9.17) is 10.6 Å². The first-order valence-electron chi connectivity index (χ1n) is 4.81. The maximum Gasteiger partial charge on any atom is 0.159 e. The van der Waals surface area contributed by atoms with Crippen molar-refractivity contribution in [3.05, 3.63) is 23.8 Å². The summed E-state index contributed by atoms with van der Waals surface area (Å²) in [6.07, 6.45) is 0. The smallest absolute Gasteiger partial charge is 0.159 e. The van der Waals surface area contributed by atoms with Gasteiger partial charge in [0.15, 0.2) is 5.78 Å². The predicted octanol–water partition coefficient (Wildman–Crippen LogP) is 1.60. The largest absolute Gasteiger partial charge is 0.495 e. The molecule has 2 N–H and O–H groups in total. The van der Waals surface area contributed by atoms with E-state index in [1.54, 1.807) is 30.3 Å². The second kappa shape index (κ2) is 4.79. The molecule has 4 heteroatoms. The molecular formula is C11H16N2O2. The van der Waals surface area contributed by atoms with E-state index in [-0.39, 0.29) is 5.78 Å². The fraction of sp³-hybridized carbons (Fsp3) is 0.364. The normalized spacial score (nSPS) is 9.87. The summed E-state index contributed by atoms with van der Waals surface area (Å²) in [6, 6.07) is 5.22. The van der Waals surface area contributed by atoms with Gasteiger partial charge >= 0.3 is 0 Å². The Morgan fingerprint density at radius 3 is 2.67 bits per heavy atom. The van der Waals surface area contributed by atoms with Gasteiger partial charge in [0.25, 0.3) is 0 Å². The summed E-state index contributed by atoms with van der Waals surface area (Å²) < 4.78 is 5.17. The molecule has 0 aliphatic rings. The Bertz CT molecular complexity index is 364. The van der Waals surface area contributed by atoms with Gasteiger partial charge in [-0.1, -0.05) is 0 Å². The lowest BCUT2D eigenvalue weighted by atomic mass is 10.1. The van der Waals surface area contributed by atoms with Crippen LogP contribution in [0.4, 0.5) is 5.69 Å². The molecule has 0 saturated heterocycles. The number of nitrogens with zero attached hydrogens (tertiary/aromatic N) is 1. The van der Waals surface area contributed by atoms with Crippen molar-refractivity contribution in [1.82, 2.24) is 0 Å². The van der Waals surface area contributed by atoms with Crippen LogP contribution in [0.5, 0.6) is 5.75 Å². The maximum absolute atomic E-state index is 11.2. The summed E-state index contributed by atoms with van der Waals surface area (Å²) in [5, 5.41) is 1.55. The van der Waals surface area contributed by atoms with E-state index in [1.165, 1.54) is 6.92 Å². The highest BCUT2D eigenvalue weighted by Crippen LogP contribution is 2.27. The second-order valence-corrected chi connectivity index (χ2v) is 3.23. The summed E-state index contributed by atoms with van der Waals surface area (Å²) in [5.74, 6) is 6.47. The highest BCUT2D eigenvalue weighted by atomic mass is 16.5. The number of hydrogen-bond acceptors (Lipinski definition) is 4. The molecule has 4 nitrogen and oxygen atoms in total. The summed E-state index contributed by atoms with van der Waals surface area (Å²) in [6.45, 7) is 4.11.